The van der Waals surface area contributed by atoms with E-state index in [0.29, 0.717) is 17.2 Å². The first-order chi connectivity index (χ1) is 14.1. The molecule has 4 aromatic rings. The van der Waals surface area contributed by atoms with Crippen molar-refractivity contribution in [2.24, 2.45) is 0 Å². The molecule has 0 unspecified atom stereocenters. The number of rotatable bonds is 5. The third-order valence-electron chi connectivity index (χ3n) is 4.64. The molecular formula is C22H18N4O3. The number of carboxylic acid groups (broad SMARTS) is 1. The molecular weight excluding hydrogens is 368 g/mol. The predicted molar refractivity (Wildman–Crippen MR) is 111 cm³/mol. The number of aromatic carboxylic acids is 1. The van der Waals surface area contributed by atoms with Crippen molar-refractivity contribution in [2.45, 2.75) is 0 Å². The summed E-state index contributed by atoms with van der Waals surface area (Å²) in [6.45, 7) is 0. The number of aromatic nitrogens is 3. The third-order valence-corrected chi connectivity index (χ3v) is 4.64. The van der Waals surface area contributed by atoms with E-state index in [9.17, 15) is 9.90 Å². The van der Waals surface area contributed by atoms with E-state index in [0.717, 1.165) is 27.8 Å². The van der Waals surface area contributed by atoms with Crippen molar-refractivity contribution in [1.82, 2.24) is 15.0 Å². The summed E-state index contributed by atoms with van der Waals surface area (Å²) in [5, 5.41) is 12.9. The van der Waals surface area contributed by atoms with Crippen molar-refractivity contribution in [3.63, 3.8) is 0 Å². The maximum Gasteiger partial charge on any atom is 0.335 e. The molecule has 0 fully saturated rings. The van der Waals surface area contributed by atoms with Crippen molar-refractivity contribution in [1.29, 1.82) is 0 Å². The lowest BCUT2D eigenvalue weighted by Crippen LogP contribution is -2.00. The van der Waals surface area contributed by atoms with E-state index in [-0.39, 0.29) is 5.56 Å². The molecule has 0 bridgehead atoms. The highest BCUT2D eigenvalue weighted by Gasteiger charge is 2.18. The lowest BCUT2D eigenvalue weighted by molar-refractivity contribution is 0.0697. The van der Waals surface area contributed by atoms with E-state index in [1.54, 1.807) is 50.8 Å². The molecule has 7 heteroatoms. The summed E-state index contributed by atoms with van der Waals surface area (Å²) in [5.74, 6) is 0.0883. The summed E-state index contributed by atoms with van der Waals surface area (Å²) in [5.41, 5.74) is 4.12. The Morgan fingerprint density at radius 3 is 2.48 bits per heavy atom. The van der Waals surface area contributed by atoms with Crippen LogP contribution in [0.25, 0.3) is 33.3 Å². The van der Waals surface area contributed by atoms with Gasteiger partial charge in [0.2, 0.25) is 5.95 Å². The van der Waals surface area contributed by atoms with E-state index in [1.807, 2.05) is 24.3 Å². The molecule has 2 heterocycles. The van der Waals surface area contributed by atoms with E-state index < -0.39 is 5.97 Å². The summed E-state index contributed by atoms with van der Waals surface area (Å²) in [4.78, 5) is 24.6. The number of methoxy groups -OCH3 is 1. The van der Waals surface area contributed by atoms with Gasteiger partial charge in [-0.15, -0.1) is 0 Å². The van der Waals surface area contributed by atoms with Gasteiger partial charge in [-0.1, -0.05) is 18.2 Å². The summed E-state index contributed by atoms with van der Waals surface area (Å²) >= 11 is 0. The second-order valence-corrected chi connectivity index (χ2v) is 6.31. The number of benzene rings is 2. The zero-order valence-electron chi connectivity index (χ0n) is 15.9. The molecule has 2 N–H and O–H groups in total. The van der Waals surface area contributed by atoms with Gasteiger partial charge in [0.15, 0.2) is 5.75 Å². The van der Waals surface area contributed by atoms with Gasteiger partial charge in [-0.3, -0.25) is 4.98 Å². The number of anilines is 1. The van der Waals surface area contributed by atoms with Gasteiger partial charge in [-0.25, -0.2) is 14.8 Å². The lowest BCUT2D eigenvalue weighted by Gasteiger charge is -2.16. The van der Waals surface area contributed by atoms with Gasteiger partial charge in [-0.05, 0) is 35.9 Å². The molecule has 0 amide bonds. The van der Waals surface area contributed by atoms with Crippen LogP contribution in [0.5, 0.6) is 5.75 Å². The molecule has 4 rings (SSSR count). The van der Waals surface area contributed by atoms with Gasteiger partial charge in [0.05, 0.1) is 18.4 Å². The zero-order chi connectivity index (χ0) is 20.4. The number of nitrogens with zero attached hydrogens (tertiary/aromatic N) is 3. The maximum absolute atomic E-state index is 11.2. The molecule has 0 spiro atoms. The molecule has 0 aliphatic heterocycles. The molecule has 0 radical (unpaired) electrons. The zero-order valence-corrected chi connectivity index (χ0v) is 15.9. The number of fused-ring (bicyclic) bond motifs is 1. The van der Waals surface area contributed by atoms with E-state index in [2.05, 4.69) is 20.3 Å². The summed E-state index contributed by atoms with van der Waals surface area (Å²) in [6, 6.07) is 14.3. The fourth-order valence-corrected chi connectivity index (χ4v) is 3.24. The number of ether oxygens (including phenoxy) is 1. The minimum absolute atomic E-state index is 0.221. The van der Waals surface area contributed by atoms with Crippen molar-refractivity contribution in [3.8, 4) is 28.1 Å². The van der Waals surface area contributed by atoms with Crippen LogP contribution in [0.1, 0.15) is 10.4 Å². The van der Waals surface area contributed by atoms with Crippen molar-refractivity contribution >= 4 is 22.8 Å². The Bertz CT molecular complexity index is 1190. The smallest absolute Gasteiger partial charge is 0.335 e. The number of nitrogens with one attached hydrogen (secondary N) is 1. The highest BCUT2D eigenvalue weighted by Crippen LogP contribution is 2.41. The Labute approximate surface area is 167 Å². The predicted octanol–water partition coefficient (Wildman–Crippen LogP) is 4.11. The quantitative estimate of drug-likeness (QED) is 0.533. The molecule has 29 heavy (non-hydrogen) atoms. The van der Waals surface area contributed by atoms with E-state index in [4.69, 9.17) is 4.74 Å². The Kier molecular flexibility index (Phi) is 4.78. The van der Waals surface area contributed by atoms with Crippen molar-refractivity contribution < 1.29 is 14.6 Å². The van der Waals surface area contributed by atoms with Gasteiger partial charge < -0.3 is 15.2 Å². The van der Waals surface area contributed by atoms with Crippen molar-refractivity contribution in [3.05, 3.63) is 66.5 Å². The monoisotopic (exact) mass is 386 g/mol. The molecule has 0 atom stereocenters. The topological polar surface area (TPSA) is 97.2 Å². The van der Waals surface area contributed by atoms with Crippen LogP contribution in [-0.2, 0) is 0 Å². The van der Waals surface area contributed by atoms with Crippen LogP contribution in [0, 0.1) is 0 Å². The molecule has 2 aromatic heterocycles. The number of hydrogen-bond acceptors (Lipinski definition) is 6. The molecule has 0 saturated carbocycles. The summed E-state index contributed by atoms with van der Waals surface area (Å²) in [6.07, 6.45) is 3.48. The lowest BCUT2D eigenvalue weighted by atomic mass is 9.96. The average molecular weight is 386 g/mol. The summed E-state index contributed by atoms with van der Waals surface area (Å²) < 4.78 is 5.73. The SMILES string of the molecule is CNc1ncc2c(-c3ccccn3)cc(-c3ccc(C(=O)O)cc3)c(OC)c2n1. The fourth-order valence-electron chi connectivity index (χ4n) is 3.24. The van der Waals surface area contributed by atoms with Crippen LogP contribution in [0.15, 0.2) is 60.9 Å². The minimum atomic E-state index is -0.970. The van der Waals surface area contributed by atoms with Crippen molar-refractivity contribution in [2.75, 3.05) is 19.5 Å². The van der Waals surface area contributed by atoms with E-state index >= 15 is 0 Å². The van der Waals surface area contributed by atoms with Crippen LogP contribution in [0.2, 0.25) is 0 Å². The van der Waals surface area contributed by atoms with Crippen LogP contribution >= 0.6 is 0 Å². The Morgan fingerprint density at radius 2 is 1.86 bits per heavy atom. The first-order valence-electron chi connectivity index (χ1n) is 8.93. The normalized spacial score (nSPS) is 10.7. The van der Waals surface area contributed by atoms with Crippen LogP contribution in [0.4, 0.5) is 5.95 Å². The Balaban J connectivity index is 2.04. The molecule has 0 saturated heterocycles. The standard InChI is InChI=1S/C22H18N4O3/c1-23-22-25-12-17-16(18-5-3-4-10-24-18)11-15(20(29-2)19(17)26-22)13-6-8-14(9-7-13)21(27)28/h3-12H,1-2H3,(H,27,28)(H,23,25,26). The number of carboxylic acids is 1. The highest BCUT2D eigenvalue weighted by molar-refractivity contribution is 6.02. The first-order valence-corrected chi connectivity index (χ1v) is 8.93. The highest BCUT2D eigenvalue weighted by atomic mass is 16.5. The average Bonchev–Trinajstić information content (AvgIpc) is 2.78. The van der Waals surface area contributed by atoms with Gasteiger partial charge in [0.1, 0.15) is 5.52 Å². The number of hydrogen-bond donors (Lipinski definition) is 2. The Morgan fingerprint density at radius 1 is 1.07 bits per heavy atom. The van der Waals surface area contributed by atoms with Crippen LogP contribution in [0.3, 0.4) is 0 Å². The van der Waals surface area contributed by atoms with Gasteiger partial charge >= 0.3 is 5.97 Å². The van der Waals surface area contributed by atoms with Crippen LogP contribution < -0.4 is 10.1 Å². The summed E-state index contributed by atoms with van der Waals surface area (Å²) in [7, 11) is 3.34. The van der Waals surface area contributed by atoms with Crippen LogP contribution in [-0.4, -0.2) is 40.2 Å². The van der Waals surface area contributed by atoms with Gasteiger partial charge in [0.25, 0.3) is 0 Å². The van der Waals surface area contributed by atoms with E-state index in [1.165, 1.54) is 0 Å². The molecule has 2 aromatic carbocycles. The Hall–Kier alpha value is -4.00. The molecule has 0 aliphatic carbocycles. The number of carbonyl (C=O) groups is 1. The van der Waals surface area contributed by atoms with Gasteiger partial charge in [0, 0.05) is 36.0 Å². The third kappa shape index (κ3) is 3.34. The fraction of sp³-hybridized carbons (Fsp3) is 0.0909. The maximum atomic E-state index is 11.2. The number of pyridine rings is 1. The first kappa shape index (κ1) is 18.4. The molecule has 0 aliphatic rings. The molecule has 7 nitrogen and oxygen atoms in total. The van der Waals surface area contributed by atoms with Gasteiger partial charge in [-0.2, -0.15) is 0 Å². The second kappa shape index (κ2) is 7.55. The molecule has 144 valence electrons. The second-order valence-electron chi connectivity index (χ2n) is 6.31. The minimum Gasteiger partial charge on any atom is -0.494 e. The largest absolute Gasteiger partial charge is 0.494 e.